The van der Waals surface area contributed by atoms with Crippen LogP contribution in [-0.2, 0) is 4.57 Å². The quantitative estimate of drug-likeness (QED) is 0.419. The second-order valence-electron chi connectivity index (χ2n) is 0.533. The normalized spacial score (nSPS) is 10.0. The van der Waals surface area contributed by atoms with Gasteiger partial charge in [0, 0.05) is 5.82 Å². The highest BCUT2D eigenvalue weighted by molar-refractivity contribution is 7.27. The van der Waals surface area contributed by atoms with Crippen molar-refractivity contribution in [3.8, 4) is 0 Å². The monoisotopic (exact) mass is 102 g/mol. The lowest BCUT2D eigenvalue weighted by molar-refractivity contribution is 0.602. The molecule has 0 aromatic heterocycles. The Kier molecular flexibility index (Phi) is 4.03. The zero-order valence-corrected chi connectivity index (χ0v) is 3.85. The first-order valence-corrected chi connectivity index (χ1v) is 2.14. The Morgan fingerprint density at radius 2 is 2.50 bits per heavy atom. The molecule has 1 N–H and O–H groups in total. The Balaban J connectivity index is 3.17. The summed E-state index contributed by atoms with van der Waals surface area (Å²) in [6.07, 6.45) is 1.15. The van der Waals surface area contributed by atoms with Crippen LogP contribution in [0.15, 0.2) is 17.1 Å². The lowest BCUT2D eigenvalue weighted by Crippen LogP contribution is -1.30. The second-order valence-corrected chi connectivity index (χ2v) is 1.04. The average Bonchev–Trinajstić information content (AvgIpc) is 1.61. The SMILES string of the molecule is N=NC=CP=O. The molecule has 32 valence electrons. The van der Waals surface area contributed by atoms with Gasteiger partial charge in [-0.05, 0) is 0 Å². The van der Waals surface area contributed by atoms with E-state index < -0.39 is 0 Å². The molecule has 0 radical (unpaired) electrons. The first kappa shape index (κ1) is 5.44. The standard InChI is InChI=1S/C2H3N2OP/c3-4-1-2-6-5/h1-3H. The molecule has 0 bridgehead atoms. The highest BCUT2D eigenvalue weighted by Gasteiger charge is 1.56. The van der Waals surface area contributed by atoms with E-state index in [1.165, 1.54) is 5.82 Å². The molecule has 0 saturated carbocycles. The Bertz CT molecular complexity index is 69.6. The molecule has 6 heavy (non-hydrogen) atoms. The molecule has 0 aromatic rings. The zero-order valence-electron chi connectivity index (χ0n) is 2.96. The smallest absolute Gasteiger partial charge is 0.185 e. The predicted molar refractivity (Wildman–Crippen MR) is 21.9 cm³/mol. The molecule has 0 spiro atoms. The van der Waals surface area contributed by atoms with Crippen molar-refractivity contribution in [3.63, 3.8) is 0 Å². The molecular weight excluding hydrogens is 99.0 g/mol. The van der Waals surface area contributed by atoms with Gasteiger partial charge in [-0.2, -0.15) is 5.11 Å². The molecule has 0 amide bonds. The minimum absolute atomic E-state index is 0.0989. The van der Waals surface area contributed by atoms with Gasteiger partial charge in [0.2, 0.25) is 0 Å². The van der Waals surface area contributed by atoms with Crippen molar-refractivity contribution in [1.29, 1.82) is 5.53 Å². The summed E-state index contributed by atoms with van der Waals surface area (Å²) in [5.74, 6) is 1.24. The maximum Gasteiger partial charge on any atom is 0.185 e. The van der Waals surface area contributed by atoms with Crippen LogP contribution in [-0.4, -0.2) is 0 Å². The summed E-state index contributed by atoms with van der Waals surface area (Å²) in [6.45, 7) is 0. The van der Waals surface area contributed by atoms with Gasteiger partial charge in [-0.3, -0.25) is 4.57 Å². The highest BCUT2D eigenvalue weighted by atomic mass is 31.1. The first-order chi connectivity index (χ1) is 2.91. The van der Waals surface area contributed by atoms with Crippen LogP contribution in [0.5, 0.6) is 0 Å². The van der Waals surface area contributed by atoms with Gasteiger partial charge in [0.05, 0.1) is 6.20 Å². The van der Waals surface area contributed by atoms with E-state index in [-0.39, 0.29) is 8.46 Å². The Labute approximate surface area is 36.8 Å². The van der Waals surface area contributed by atoms with Crippen LogP contribution < -0.4 is 0 Å². The van der Waals surface area contributed by atoms with Gasteiger partial charge < -0.3 is 0 Å². The van der Waals surface area contributed by atoms with Crippen molar-refractivity contribution in [2.75, 3.05) is 0 Å². The van der Waals surface area contributed by atoms with Gasteiger partial charge in [0.1, 0.15) is 0 Å². The maximum absolute atomic E-state index is 9.43. The molecule has 3 nitrogen and oxygen atoms in total. The van der Waals surface area contributed by atoms with Crippen molar-refractivity contribution < 1.29 is 4.57 Å². The van der Waals surface area contributed by atoms with E-state index in [9.17, 15) is 4.57 Å². The number of hydrogen-bond donors (Lipinski definition) is 1. The minimum Gasteiger partial charge on any atom is -0.270 e. The Morgan fingerprint density at radius 3 is 2.67 bits per heavy atom. The molecular formula is C2H3N2OP. The third-order valence-electron chi connectivity index (χ3n) is 0.202. The summed E-state index contributed by atoms with van der Waals surface area (Å²) in [5, 5.41) is 2.79. The fraction of sp³-hybridized carbons (Fsp3) is 0. The number of hydrogen-bond acceptors (Lipinski definition) is 3. The van der Waals surface area contributed by atoms with E-state index in [0.717, 1.165) is 6.20 Å². The number of nitrogens with zero attached hydrogens (tertiary/aromatic N) is 1. The third kappa shape index (κ3) is 3.44. The van der Waals surface area contributed by atoms with Crippen molar-refractivity contribution in [3.05, 3.63) is 12.0 Å². The van der Waals surface area contributed by atoms with Crippen molar-refractivity contribution in [2.24, 2.45) is 5.11 Å². The zero-order chi connectivity index (χ0) is 4.83. The first-order valence-electron chi connectivity index (χ1n) is 1.26. The predicted octanol–water partition coefficient (Wildman–Crippen LogP) is 1.78. The molecule has 4 heteroatoms. The molecule has 0 aliphatic carbocycles. The summed E-state index contributed by atoms with van der Waals surface area (Å²) in [5.41, 5.74) is 6.10. The van der Waals surface area contributed by atoms with E-state index in [4.69, 9.17) is 5.53 Å². The molecule has 0 aromatic carbocycles. The van der Waals surface area contributed by atoms with Crippen LogP contribution in [0, 0.1) is 5.53 Å². The molecule has 0 rings (SSSR count). The van der Waals surface area contributed by atoms with Gasteiger partial charge in [-0.25, -0.2) is 5.53 Å². The van der Waals surface area contributed by atoms with Crippen LogP contribution in [0.25, 0.3) is 0 Å². The van der Waals surface area contributed by atoms with Crippen LogP contribution >= 0.6 is 8.46 Å². The van der Waals surface area contributed by atoms with Gasteiger partial charge in [-0.1, -0.05) is 0 Å². The fourth-order valence-corrected chi connectivity index (χ4v) is 0.182. The van der Waals surface area contributed by atoms with Crippen LogP contribution in [0.3, 0.4) is 0 Å². The lowest BCUT2D eigenvalue weighted by Gasteiger charge is -1.54. The van der Waals surface area contributed by atoms with E-state index in [2.05, 4.69) is 5.11 Å². The van der Waals surface area contributed by atoms with E-state index in [1.807, 2.05) is 0 Å². The van der Waals surface area contributed by atoms with Crippen LogP contribution in [0.4, 0.5) is 0 Å². The van der Waals surface area contributed by atoms with Crippen molar-refractivity contribution >= 4 is 8.46 Å². The minimum atomic E-state index is -0.0989. The topological polar surface area (TPSA) is 53.3 Å². The summed E-state index contributed by atoms with van der Waals surface area (Å²) in [7, 11) is -0.0989. The van der Waals surface area contributed by atoms with Crippen molar-refractivity contribution in [1.82, 2.24) is 0 Å². The molecule has 0 aliphatic heterocycles. The summed E-state index contributed by atoms with van der Waals surface area (Å²) < 4.78 is 9.43. The van der Waals surface area contributed by atoms with E-state index in [1.54, 1.807) is 0 Å². The largest absolute Gasteiger partial charge is 0.270 e. The summed E-state index contributed by atoms with van der Waals surface area (Å²) in [6, 6.07) is 0. The highest BCUT2D eigenvalue weighted by Crippen LogP contribution is 1.90. The van der Waals surface area contributed by atoms with Crippen LogP contribution in [0.2, 0.25) is 0 Å². The third-order valence-corrected chi connectivity index (χ3v) is 0.457. The van der Waals surface area contributed by atoms with Gasteiger partial charge in [0.15, 0.2) is 8.46 Å². The van der Waals surface area contributed by atoms with Gasteiger partial charge >= 0.3 is 0 Å². The molecule has 0 fully saturated rings. The second kappa shape index (κ2) is 4.44. The summed E-state index contributed by atoms with van der Waals surface area (Å²) >= 11 is 0. The van der Waals surface area contributed by atoms with Crippen molar-refractivity contribution in [2.45, 2.75) is 0 Å². The maximum atomic E-state index is 9.43. The molecule has 0 unspecified atom stereocenters. The fourth-order valence-electron chi connectivity index (χ4n) is 0.0605. The van der Waals surface area contributed by atoms with E-state index in [0.29, 0.717) is 0 Å². The lowest BCUT2D eigenvalue weighted by atomic mass is 11.1. The summed E-state index contributed by atoms with van der Waals surface area (Å²) in [4.78, 5) is 0. The molecule has 0 atom stereocenters. The number of nitrogens with one attached hydrogen (secondary N) is 1. The number of rotatable bonds is 2. The molecule has 0 saturated heterocycles. The van der Waals surface area contributed by atoms with Gasteiger partial charge in [0.25, 0.3) is 0 Å². The Hall–Kier alpha value is -0.560. The Morgan fingerprint density at radius 1 is 1.83 bits per heavy atom. The molecule has 0 aliphatic rings. The molecule has 0 heterocycles. The van der Waals surface area contributed by atoms with Crippen LogP contribution in [0.1, 0.15) is 0 Å². The average molecular weight is 102 g/mol. The van der Waals surface area contributed by atoms with Gasteiger partial charge in [-0.15, -0.1) is 0 Å². The van der Waals surface area contributed by atoms with E-state index >= 15 is 0 Å².